The van der Waals surface area contributed by atoms with Gasteiger partial charge in [0, 0.05) is 18.0 Å². The molecule has 0 aliphatic carbocycles. The normalized spacial score (nSPS) is 11.7. The Morgan fingerprint density at radius 2 is 1.96 bits per heavy atom. The van der Waals surface area contributed by atoms with Crippen LogP contribution in [0.2, 0.25) is 0 Å². The Bertz CT molecular complexity index is 827. The molecule has 1 N–H and O–H groups in total. The van der Waals surface area contributed by atoms with E-state index in [4.69, 9.17) is 5.11 Å². The third-order valence-corrected chi connectivity index (χ3v) is 3.32. The molecule has 23 heavy (non-hydrogen) atoms. The molecule has 7 heteroatoms. The predicted octanol–water partition coefficient (Wildman–Crippen LogP) is 3.45. The molecule has 2 aromatic heterocycles. The monoisotopic (exact) mass is 319 g/mol. The van der Waals surface area contributed by atoms with Gasteiger partial charge in [-0.05, 0) is 35.9 Å². The quantitative estimate of drug-likeness (QED) is 0.804. The minimum Gasteiger partial charge on any atom is -0.392 e. The van der Waals surface area contributed by atoms with Crippen molar-refractivity contribution in [3.8, 4) is 16.9 Å². The Kier molecular flexibility index (Phi) is 3.87. The Balaban J connectivity index is 1.96. The lowest BCUT2D eigenvalue weighted by atomic mass is 10.1. The number of rotatable bonds is 3. The Labute approximate surface area is 129 Å². The molecule has 0 radical (unpaired) electrons. The van der Waals surface area contributed by atoms with Crippen LogP contribution in [0.15, 0.2) is 55.0 Å². The largest absolute Gasteiger partial charge is 0.416 e. The van der Waals surface area contributed by atoms with Crippen LogP contribution in [0.1, 0.15) is 11.1 Å². The molecule has 0 bridgehead atoms. The summed E-state index contributed by atoms with van der Waals surface area (Å²) in [5.74, 6) is 0. The van der Waals surface area contributed by atoms with E-state index in [1.165, 1.54) is 16.9 Å². The first-order chi connectivity index (χ1) is 11.0. The average Bonchev–Trinajstić information content (AvgIpc) is 3.04. The van der Waals surface area contributed by atoms with Gasteiger partial charge in [0.15, 0.2) is 0 Å². The van der Waals surface area contributed by atoms with Gasteiger partial charge in [0.25, 0.3) is 0 Å². The smallest absolute Gasteiger partial charge is 0.392 e. The summed E-state index contributed by atoms with van der Waals surface area (Å²) in [6, 6.07) is 8.32. The Morgan fingerprint density at radius 1 is 1.13 bits per heavy atom. The van der Waals surface area contributed by atoms with Crippen molar-refractivity contribution in [2.75, 3.05) is 0 Å². The summed E-state index contributed by atoms with van der Waals surface area (Å²) in [6.45, 7) is -0.114. The van der Waals surface area contributed by atoms with E-state index in [0.29, 0.717) is 22.5 Å². The number of hydrogen-bond donors (Lipinski definition) is 1. The summed E-state index contributed by atoms with van der Waals surface area (Å²) in [5.41, 5.74) is 1.52. The zero-order valence-corrected chi connectivity index (χ0v) is 11.8. The van der Waals surface area contributed by atoms with E-state index in [1.54, 1.807) is 30.6 Å². The number of aliphatic hydroxyl groups excluding tert-OH is 1. The lowest BCUT2D eigenvalue weighted by molar-refractivity contribution is -0.137. The van der Waals surface area contributed by atoms with Crippen molar-refractivity contribution in [1.82, 2.24) is 14.8 Å². The number of nitrogens with zero attached hydrogens (tertiary/aromatic N) is 3. The molecule has 3 aromatic rings. The van der Waals surface area contributed by atoms with E-state index < -0.39 is 11.7 Å². The SMILES string of the molecule is OCc1ccnc(-c2cnn(-c3cccc(C(F)(F)F)c3)c2)c1. The summed E-state index contributed by atoms with van der Waals surface area (Å²) in [7, 11) is 0. The maximum atomic E-state index is 12.8. The molecule has 4 nitrogen and oxygen atoms in total. The van der Waals surface area contributed by atoms with Crippen LogP contribution in [-0.4, -0.2) is 19.9 Å². The molecule has 0 fully saturated rings. The predicted molar refractivity (Wildman–Crippen MR) is 77.7 cm³/mol. The van der Waals surface area contributed by atoms with Crippen LogP contribution in [0.3, 0.4) is 0 Å². The van der Waals surface area contributed by atoms with Gasteiger partial charge < -0.3 is 5.11 Å². The highest BCUT2D eigenvalue weighted by atomic mass is 19.4. The first-order valence-electron chi connectivity index (χ1n) is 6.76. The first kappa shape index (κ1) is 15.2. The van der Waals surface area contributed by atoms with Crippen LogP contribution >= 0.6 is 0 Å². The van der Waals surface area contributed by atoms with Gasteiger partial charge in [0.1, 0.15) is 0 Å². The molecule has 3 rings (SSSR count). The van der Waals surface area contributed by atoms with Crippen LogP contribution in [0.4, 0.5) is 13.2 Å². The summed E-state index contributed by atoms with van der Waals surface area (Å²) in [6.07, 6.45) is 0.272. The lowest BCUT2D eigenvalue weighted by Gasteiger charge is -2.08. The van der Waals surface area contributed by atoms with Crippen molar-refractivity contribution < 1.29 is 18.3 Å². The Hall–Kier alpha value is -2.67. The fourth-order valence-corrected chi connectivity index (χ4v) is 2.15. The number of hydrogen-bond acceptors (Lipinski definition) is 3. The second-order valence-electron chi connectivity index (χ2n) is 4.93. The van der Waals surface area contributed by atoms with Gasteiger partial charge in [-0.25, -0.2) is 4.68 Å². The summed E-state index contributed by atoms with van der Waals surface area (Å²) in [4.78, 5) is 4.18. The molecular formula is C16H12F3N3O. The maximum Gasteiger partial charge on any atom is 0.416 e. The van der Waals surface area contributed by atoms with E-state index in [0.717, 1.165) is 12.1 Å². The van der Waals surface area contributed by atoms with Crippen LogP contribution in [0, 0.1) is 0 Å². The van der Waals surface area contributed by atoms with Crippen molar-refractivity contribution >= 4 is 0 Å². The number of halogens is 3. The topological polar surface area (TPSA) is 50.9 Å². The van der Waals surface area contributed by atoms with Crippen molar-refractivity contribution in [2.45, 2.75) is 12.8 Å². The number of aromatic nitrogens is 3. The molecule has 0 spiro atoms. The van der Waals surface area contributed by atoms with Crippen molar-refractivity contribution in [3.63, 3.8) is 0 Å². The molecule has 1 aromatic carbocycles. The molecule has 0 amide bonds. The molecule has 118 valence electrons. The fourth-order valence-electron chi connectivity index (χ4n) is 2.15. The zero-order chi connectivity index (χ0) is 16.4. The number of pyridine rings is 1. The third-order valence-electron chi connectivity index (χ3n) is 3.32. The molecular weight excluding hydrogens is 307 g/mol. The molecule has 0 aliphatic heterocycles. The van der Waals surface area contributed by atoms with Gasteiger partial charge in [0.2, 0.25) is 0 Å². The van der Waals surface area contributed by atoms with Crippen molar-refractivity contribution in [1.29, 1.82) is 0 Å². The van der Waals surface area contributed by atoms with Gasteiger partial charge in [0.05, 0.1) is 29.7 Å². The van der Waals surface area contributed by atoms with E-state index >= 15 is 0 Å². The molecule has 0 aliphatic rings. The first-order valence-corrected chi connectivity index (χ1v) is 6.76. The minimum atomic E-state index is -4.40. The van der Waals surface area contributed by atoms with Crippen molar-refractivity contribution in [2.24, 2.45) is 0 Å². The van der Waals surface area contributed by atoms with Crippen LogP contribution in [0.5, 0.6) is 0 Å². The summed E-state index contributed by atoms with van der Waals surface area (Å²) in [5, 5.41) is 13.2. The highest BCUT2D eigenvalue weighted by Gasteiger charge is 2.30. The molecule has 0 unspecified atom stereocenters. The van der Waals surface area contributed by atoms with Gasteiger partial charge in [-0.15, -0.1) is 0 Å². The van der Waals surface area contributed by atoms with Crippen LogP contribution < -0.4 is 0 Å². The molecule has 0 atom stereocenters. The van der Waals surface area contributed by atoms with Gasteiger partial charge in [-0.1, -0.05) is 6.07 Å². The molecule has 0 saturated heterocycles. The zero-order valence-electron chi connectivity index (χ0n) is 11.8. The van der Waals surface area contributed by atoms with E-state index in [1.807, 2.05) is 0 Å². The molecule has 2 heterocycles. The van der Waals surface area contributed by atoms with Gasteiger partial charge in [-0.2, -0.15) is 18.3 Å². The van der Waals surface area contributed by atoms with Gasteiger partial charge in [-0.3, -0.25) is 4.98 Å². The van der Waals surface area contributed by atoms with Crippen LogP contribution in [-0.2, 0) is 12.8 Å². The second kappa shape index (κ2) is 5.85. The maximum absolute atomic E-state index is 12.8. The van der Waals surface area contributed by atoms with Crippen molar-refractivity contribution in [3.05, 3.63) is 66.1 Å². The van der Waals surface area contributed by atoms with E-state index in [2.05, 4.69) is 10.1 Å². The minimum absolute atomic E-state index is 0.114. The summed E-state index contributed by atoms with van der Waals surface area (Å²) < 4.78 is 39.7. The number of benzene rings is 1. The van der Waals surface area contributed by atoms with E-state index in [9.17, 15) is 13.2 Å². The average molecular weight is 319 g/mol. The van der Waals surface area contributed by atoms with Gasteiger partial charge >= 0.3 is 6.18 Å². The highest BCUT2D eigenvalue weighted by Crippen LogP contribution is 2.30. The number of alkyl halides is 3. The third kappa shape index (κ3) is 3.24. The molecule has 0 saturated carbocycles. The highest BCUT2D eigenvalue weighted by molar-refractivity contribution is 5.58. The lowest BCUT2D eigenvalue weighted by Crippen LogP contribution is -2.06. The Morgan fingerprint density at radius 3 is 2.70 bits per heavy atom. The fraction of sp³-hybridized carbons (Fsp3) is 0.125. The summed E-state index contributed by atoms with van der Waals surface area (Å²) >= 11 is 0. The van der Waals surface area contributed by atoms with Crippen LogP contribution in [0.25, 0.3) is 16.9 Å². The van der Waals surface area contributed by atoms with E-state index in [-0.39, 0.29) is 6.61 Å². The number of aliphatic hydroxyl groups is 1. The second-order valence-corrected chi connectivity index (χ2v) is 4.93. The standard InChI is InChI=1S/C16H12F3N3O/c17-16(18,19)13-2-1-3-14(7-13)22-9-12(8-21-22)15-6-11(10-23)4-5-20-15/h1-9,23H,10H2.